The molecule has 0 saturated carbocycles. The second-order valence-electron chi connectivity index (χ2n) is 6.31. The molecule has 1 amide bonds. The van der Waals surface area contributed by atoms with Crippen LogP contribution in [0, 0.1) is 0 Å². The molecule has 4 aromatic rings. The Labute approximate surface area is 172 Å². The lowest BCUT2D eigenvalue weighted by atomic mass is 10.2. The van der Waals surface area contributed by atoms with E-state index in [0.717, 1.165) is 22.3 Å². The highest BCUT2D eigenvalue weighted by Crippen LogP contribution is 2.35. The molecule has 0 aliphatic rings. The number of thiophene rings is 1. The maximum absolute atomic E-state index is 12.7. The maximum Gasteiger partial charge on any atom is 0.267 e. The summed E-state index contributed by atoms with van der Waals surface area (Å²) < 4.78 is 6.83. The Bertz CT molecular complexity index is 1110. The van der Waals surface area contributed by atoms with Crippen molar-refractivity contribution in [1.82, 2.24) is 0 Å². The van der Waals surface area contributed by atoms with Crippen LogP contribution in [0.5, 0.6) is 5.75 Å². The molecule has 4 rings (SSSR count). The van der Waals surface area contributed by atoms with Gasteiger partial charge in [0, 0.05) is 28.3 Å². The Hall–Kier alpha value is -2.82. The normalized spacial score (nSPS) is 10.8. The minimum absolute atomic E-state index is 0.215. The number of nitrogens with one attached hydrogen (secondary N) is 1. The standard InChI is InChI=1S/C23H18ClNO2S/c24-21-19-11-4-5-12-20(19)28-22(21)23(26)25-17-9-6-10-18(15-17)27-14-13-16-7-2-1-3-8-16/h1-12,15H,13-14H2,(H,25,26). The van der Waals surface area contributed by atoms with Gasteiger partial charge in [-0.15, -0.1) is 11.3 Å². The first-order valence-electron chi connectivity index (χ1n) is 8.96. The van der Waals surface area contributed by atoms with Crippen molar-refractivity contribution in [1.29, 1.82) is 0 Å². The van der Waals surface area contributed by atoms with Gasteiger partial charge in [-0.25, -0.2) is 0 Å². The maximum atomic E-state index is 12.7. The fourth-order valence-electron chi connectivity index (χ4n) is 2.94. The van der Waals surface area contributed by atoms with Gasteiger partial charge in [-0.1, -0.05) is 66.2 Å². The monoisotopic (exact) mass is 407 g/mol. The summed E-state index contributed by atoms with van der Waals surface area (Å²) in [6.07, 6.45) is 0.828. The second kappa shape index (κ2) is 8.46. The summed E-state index contributed by atoms with van der Waals surface area (Å²) in [5.41, 5.74) is 1.90. The highest BCUT2D eigenvalue weighted by atomic mass is 35.5. The number of anilines is 1. The van der Waals surface area contributed by atoms with Crippen molar-refractivity contribution in [2.75, 3.05) is 11.9 Å². The van der Waals surface area contributed by atoms with Crippen molar-refractivity contribution < 1.29 is 9.53 Å². The molecule has 0 aliphatic heterocycles. The molecule has 0 radical (unpaired) electrons. The Morgan fingerprint density at radius 1 is 0.964 bits per heavy atom. The van der Waals surface area contributed by atoms with Crippen LogP contribution in [0.15, 0.2) is 78.9 Å². The van der Waals surface area contributed by atoms with E-state index in [4.69, 9.17) is 16.3 Å². The van der Waals surface area contributed by atoms with Crippen LogP contribution in [0.3, 0.4) is 0 Å². The van der Waals surface area contributed by atoms with E-state index < -0.39 is 0 Å². The number of benzene rings is 3. The van der Waals surface area contributed by atoms with E-state index in [1.54, 1.807) is 0 Å². The number of carbonyl (C=O) groups is 1. The first-order chi connectivity index (χ1) is 13.7. The van der Waals surface area contributed by atoms with Crippen LogP contribution >= 0.6 is 22.9 Å². The number of rotatable bonds is 6. The number of hydrogen-bond acceptors (Lipinski definition) is 3. The third-order valence-electron chi connectivity index (χ3n) is 4.34. The molecule has 0 spiro atoms. The largest absolute Gasteiger partial charge is 0.493 e. The second-order valence-corrected chi connectivity index (χ2v) is 7.74. The smallest absolute Gasteiger partial charge is 0.267 e. The van der Waals surface area contributed by atoms with E-state index >= 15 is 0 Å². The minimum atomic E-state index is -0.215. The van der Waals surface area contributed by atoms with Crippen molar-refractivity contribution >= 4 is 44.6 Å². The zero-order valence-corrected chi connectivity index (χ0v) is 16.6. The van der Waals surface area contributed by atoms with Crippen molar-refractivity contribution in [2.45, 2.75) is 6.42 Å². The predicted octanol–water partition coefficient (Wildman–Crippen LogP) is 6.43. The van der Waals surface area contributed by atoms with Gasteiger partial charge in [0.05, 0.1) is 11.6 Å². The fraction of sp³-hybridized carbons (Fsp3) is 0.0870. The topological polar surface area (TPSA) is 38.3 Å². The molecule has 5 heteroatoms. The van der Waals surface area contributed by atoms with Gasteiger partial charge in [-0.3, -0.25) is 4.79 Å². The first kappa shape index (κ1) is 18.5. The van der Waals surface area contributed by atoms with Crippen LogP contribution in [-0.4, -0.2) is 12.5 Å². The zero-order chi connectivity index (χ0) is 19.3. The minimum Gasteiger partial charge on any atom is -0.493 e. The highest BCUT2D eigenvalue weighted by molar-refractivity contribution is 7.21. The van der Waals surface area contributed by atoms with Crippen LogP contribution in [0.25, 0.3) is 10.1 Å². The number of amides is 1. The molecule has 28 heavy (non-hydrogen) atoms. The summed E-state index contributed by atoms with van der Waals surface area (Å²) in [4.78, 5) is 13.2. The summed E-state index contributed by atoms with van der Waals surface area (Å²) in [6.45, 7) is 0.573. The Morgan fingerprint density at radius 2 is 1.75 bits per heavy atom. The average Bonchev–Trinajstić information content (AvgIpc) is 3.06. The molecule has 3 aromatic carbocycles. The molecular weight excluding hydrogens is 390 g/mol. The molecule has 1 heterocycles. The molecule has 1 N–H and O–H groups in total. The lowest BCUT2D eigenvalue weighted by Gasteiger charge is -2.09. The van der Waals surface area contributed by atoms with Crippen LogP contribution in [-0.2, 0) is 6.42 Å². The van der Waals surface area contributed by atoms with Crippen molar-refractivity contribution in [2.24, 2.45) is 0 Å². The van der Waals surface area contributed by atoms with E-state index in [0.29, 0.717) is 22.2 Å². The summed E-state index contributed by atoms with van der Waals surface area (Å²) >= 11 is 7.79. The summed E-state index contributed by atoms with van der Waals surface area (Å²) in [7, 11) is 0. The van der Waals surface area contributed by atoms with Gasteiger partial charge in [-0.2, -0.15) is 0 Å². The SMILES string of the molecule is O=C(Nc1cccc(OCCc2ccccc2)c1)c1sc2ccccc2c1Cl. The third kappa shape index (κ3) is 4.19. The van der Waals surface area contributed by atoms with Crippen LogP contribution in [0.1, 0.15) is 15.2 Å². The van der Waals surface area contributed by atoms with Gasteiger partial charge < -0.3 is 10.1 Å². The summed E-state index contributed by atoms with van der Waals surface area (Å²) in [5, 5.41) is 4.31. The average molecular weight is 408 g/mol. The zero-order valence-electron chi connectivity index (χ0n) is 15.0. The molecule has 0 unspecified atom stereocenters. The van der Waals surface area contributed by atoms with Crippen LogP contribution in [0.4, 0.5) is 5.69 Å². The number of fused-ring (bicyclic) bond motifs is 1. The number of halogens is 1. The van der Waals surface area contributed by atoms with E-state index in [1.165, 1.54) is 16.9 Å². The highest BCUT2D eigenvalue weighted by Gasteiger charge is 2.17. The summed E-state index contributed by atoms with van der Waals surface area (Å²) in [5.74, 6) is 0.504. The summed E-state index contributed by atoms with van der Waals surface area (Å²) in [6, 6.07) is 25.3. The number of ether oxygens (including phenoxy) is 1. The van der Waals surface area contributed by atoms with E-state index in [2.05, 4.69) is 17.4 Å². The Kier molecular flexibility index (Phi) is 5.60. The lowest BCUT2D eigenvalue weighted by Crippen LogP contribution is -2.10. The number of hydrogen-bond donors (Lipinski definition) is 1. The lowest BCUT2D eigenvalue weighted by molar-refractivity contribution is 0.103. The van der Waals surface area contributed by atoms with Gasteiger partial charge in [-0.05, 0) is 23.8 Å². The van der Waals surface area contributed by atoms with Gasteiger partial charge in [0.15, 0.2) is 0 Å². The quantitative estimate of drug-likeness (QED) is 0.400. The molecule has 1 aromatic heterocycles. The van der Waals surface area contributed by atoms with Crippen LogP contribution < -0.4 is 10.1 Å². The molecule has 0 aliphatic carbocycles. The molecule has 140 valence electrons. The molecular formula is C23H18ClNO2S. The van der Waals surface area contributed by atoms with E-state index in [-0.39, 0.29) is 5.91 Å². The molecule has 0 saturated heterocycles. The Balaban J connectivity index is 1.42. The van der Waals surface area contributed by atoms with Gasteiger partial charge >= 0.3 is 0 Å². The van der Waals surface area contributed by atoms with Crippen LogP contribution in [0.2, 0.25) is 5.02 Å². The predicted molar refractivity (Wildman–Crippen MR) is 117 cm³/mol. The number of carbonyl (C=O) groups excluding carboxylic acids is 1. The van der Waals surface area contributed by atoms with Crippen molar-refractivity contribution in [3.63, 3.8) is 0 Å². The van der Waals surface area contributed by atoms with E-state index in [9.17, 15) is 4.79 Å². The van der Waals surface area contributed by atoms with Crippen molar-refractivity contribution in [3.8, 4) is 5.75 Å². The van der Waals surface area contributed by atoms with E-state index in [1.807, 2.05) is 66.7 Å². The van der Waals surface area contributed by atoms with Gasteiger partial charge in [0.25, 0.3) is 5.91 Å². The molecule has 0 fully saturated rings. The van der Waals surface area contributed by atoms with Gasteiger partial charge in [0.1, 0.15) is 10.6 Å². The molecule has 3 nitrogen and oxygen atoms in total. The first-order valence-corrected chi connectivity index (χ1v) is 10.2. The molecule has 0 atom stereocenters. The van der Waals surface area contributed by atoms with Gasteiger partial charge in [0.2, 0.25) is 0 Å². The Morgan fingerprint density at radius 3 is 2.57 bits per heavy atom. The third-order valence-corrected chi connectivity index (χ3v) is 6.01. The fourth-order valence-corrected chi connectivity index (χ4v) is 4.36. The van der Waals surface area contributed by atoms with Crippen molar-refractivity contribution in [3.05, 3.63) is 94.3 Å². The molecule has 0 bridgehead atoms.